The Balaban J connectivity index is 0.000000240. The molecule has 2 atom stereocenters. The van der Waals surface area contributed by atoms with Crippen molar-refractivity contribution in [2.24, 2.45) is 14.1 Å². The van der Waals surface area contributed by atoms with Crippen LogP contribution in [0.4, 0.5) is 26.3 Å². The Morgan fingerprint density at radius 1 is 0.750 bits per heavy atom. The Hall–Kier alpha value is -4.04. The van der Waals surface area contributed by atoms with Gasteiger partial charge in [-0.2, -0.15) is 26.3 Å². The normalized spacial score (nSPS) is 14.9. The molecule has 240 valence electrons. The van der Waals surface area contributed by atoms with Crippen LogP contribution in [0.15, 0.2) is 48.5 Å². The number of carbonyl (C=O) groups excluding carboxylic acids is 1. The fourth-order valence-corrected chi connectivity index (χ4v) is 5.34. The quantitative estimate of drug-likeness (QED) is 0.187. The Kier molecular flexibility index (Phi) is 9.52. The smallest absolute Gasteiger partial charge is 0.432 e. The number of aliphatic carboxylic acids is 1. The van der Waals surface area contributed by atoms with Crippen LogP contribution < -0.4 is 0 Å². The van der Waals surface area contributed by atoms with Gasteiger partial charge in [0.1, 0.15) is 0 Å². The second-order valence-electron chi connectivity index (χ2n) is 9.92. The summed E-state index contributed by atoms with van der Waals surface area (Å²) in [7, 11) is 3.17. The number of hydrogen-bond donors (Lipinski definition) is 2. The molecule has 0 saturated heterocycles. The number of benzene rings is 2. The summed E-state index contributed by atoms with van der Waals surface area (Å²) in [6.07, 6.45) is -10.3. The largest absolute Gasteiger partial charge is 0.479 e. The Morgan fingerprint density at radius 2 is 1.18 bits per heavy atom. The molecule has 0 aliphatic rings. The summed E-state index contributed by atoms with van der Waals surface area (Å²) in [5.74, 6) is -3.79. The lowest BCUT2D eigenvalue weighted by atomic mass is 9.90. The maximum Gasteiger partial charge on any atom is 0.432 e. The number of halogens is 6. The van der Waals surface area contributed by atoms with Crippen LogP contribution in [0.2, 0.25) is 0 Å². The molecule has 0 aliphatic heterocycles. The van der Waals surface area contributed by atoms with Crippen LogP contribution in [0.5, 0.6) is 0 Å². The van der Waals surface area contributed by atoms with Crippen molar-refractivity contribution >= 4 is 33.7 Å². The van der Waals surface area contributed by atoms with Gasteiger partial charge in [0.2, 0.25) is 0 Å². The van der Waals surface area contributed by atoms with Gasteiger partial charge in [-0.05, 0) is 39.8 Å². The van der Waals surface area contributed by atoms with E-state index in [1.165, 1.54) is 49.0 Å². The fourth-order valence-electron chi connectivity index (χ4n) is 5.34. The number of rotatable bonds is 7. The molecule has 0 spiro atoms. The summed E-state index contributed by atoms with van der Waals surface area (Å²) in [4.78, 5) is 23.5. The van der Waals surface area contributed by atoms with E-state index < -0.39 is 41.1 Å². The molecule has 2 heterocycles. The van der Waals surface area contributed by atoms with E-state index in [1.807, 2.05) is 0 Å². The maximum atomic E-state index is 13.7. The molecule has 4 rings (SSSR count). The van der Waals surface area contributed by atoms with Gasteiger partial charge in [0, 0.05) is 65.0 Å². The average molecular weight is 631 g/mol. The Labute approximate surface area is 248 Å². The molecule has 0 bridgehead atoms. The molecule has 0 fully saturated rings. The summed E-state index contributed by atoms with van der Waals surface area (Å²) in [6, 6.07) is 12.6. The van der Waals surface area contributed by atoms with Gasteiger partial charge in [-0.15, -0.1) is 0 Å². The predicted molar refractivity (Wildman–Crippen MR) is 149 cm³/mol. The number of hydrogen-bond acceptors (Lipinski definition) is 5. The number of carbonyl (C=O) groups is 2. The van der Waals surface area contributed by atoms with E-state index in [0.29, 0.717) is 11.0 Å². The molecule has 8 nitrogen and oxygen atoms in total. The number of aromatic nitrogens is 2. The zero-order chi connectivity index (χ0) is 33.4. The van der Waals surface area contributed by atoms with Crippen molar-refractivity contribution in [3.8, 4) is 0 Å². The molecule has 0 amide bonds. The lowest BCUT2D eigenvalue weighted by Gasteiger charge is -2.32. The highest BCUT2D eigenvalue weighted by Gasteiger charge is 2.66. The molecule has 44 heavy (non-hydrogen) atoms. The number of alkyl halides is 6. The topological polar surface area (TPSA) is 103 Å². The molecule has 4 aromatic rings. The lowest BCUT2D eigenvalue weighted by Crippen LogP contribution is -2.51. The molecule has 2 aromatic heterocycles. The van der Waals surface area contributed by atoms with Crippen LogP contribution in [0, 0.1) is 13.8 Å². The van der Waals surface area contributed by atoms with Gasteiger partial charge in [0.25, 0.3) is 11.2 Å². The first kappa shape index (κ1) is 34.5. The second kappa shape index (κ2) is 12.2. The average Bonchev–Trinajstić information content (AvgIpc) is 3.35. The molecule has 2 unspecified atom stereocenters. The van der Waals surface area contributed by atoms with Crippen LogP contribution in [0.1, 0.15) is 36.4 Å². The number of ether oxygens (including phenoxy) is 2. The molecule has 2 N–H and O–H groups in total. The SMILES string of the molecule is CCOC(=O)C(O)(c1c(C)n(C)c2ccccc12)C(F)(F)F.CCOC(C(=O)O)(c1c(C)n(C)c2ccccc12)C(F)(F)F. The third-order valence-corrected chi connectivity index (χ3v) is 7.56. The van der Waals surface area contributed by atoms with Crippen LogP contribution in [0.3, 0.4) is 0 Å². The summed E-state index contributed by atoms with van der Waals surface area (Å²) < 4.78 is 94.0. The minimum Gasteiger partial charge on any atom is -0.479 e. The summed E-state index contributed by atoms with van der Waals surface area (Å²) in [6.45, 7) is 4.95. The van der Waals surface area contributed by atoms with Crippen molar-refractivity contribution in [2.75, 3.05) is 13.2 Å². The molecule has 0 radical (unpaired) electrons. The van der Waals surface area contributed by atoms with E-state index in [0.717, 1.165) is 0 Å². The Morgan fingerprint density at radius 3 is 1.57 bits per heavy atom. The zero-order valence-electron chi connectivity index (χ0n) is 24.7. The molecule has 14 heteroatoms. The van der Waals surface area contributed by atoms with Crippen LogP contribution in [-0.4, -0.2) is 56.9 Å². The highest BCUT2D eigenvalue weighted by Crippen LogP contribution is 2.47. The van der Waals surface area contributed by atoms with E-state index in [-0.39, 0.29) is 40.9 Å². The Bertz CT molecular complexity index is 1690. The molecular weight excluding hydrogens is 598 g/mol. The van der Waals surface area contributed by atoms with Crippen molar-refractivity contribution in [3.05, 3.63) is 71.0 Å². The third kappa shape index (κ3) is 5.30. The van der Waals surface area contributed by atoms with Crippen molar-refractivity contribution in [3.63, 3.8) is 0 Å². The second-order valence-corrected chi connectivity index (χ2v) is 9.92. The number of aliphatic hydroxyl groups is 1. The standard InChI is InChI=1S/2C15H16F3NO3/c1-4-22-13(20)14(21,15(16,17)18)12-9(2)19(3)11-8-6-5-7-10(11)12;1-4-22-14(13(20)21,15(16,17)18)12-9(2)19(3)11-8-6-5-7-10(11)12/h5-8,21H,4H2,1-3H3;5-8H,4H2,1-3H3,(H,20,21). The van der Waals surface area contributed by atoms with Crippen molar-refractivity contribution in [1.29, 1.82) is 0 Å². The highest BCUT2D eigenvalue weighted by atomic mass is 19.4. The minimum atomic E-state index is -5.20. The number of esters is 1. The maximum absolute atomic E-state index is 13.7. The van der Waals surface area contributed by atoms with E-state index in [9.17, 15) is 46.1 Å². The first-order chi connectivity index (χ1) is 20.3. The first-order valence-electron chi connectivity index (χ1n) is 13.3. The number of nitrogens with zero attached hydrogens (tertiary/aromatic N) is 2. The lowest BCUT2D eigenvalue weighted by molar-refractivity contribution is -0.279. The number of para-hydroxylation sites is 2. The van der Waals surface area contributed by atoms with E-state index >= 15 is 0 Å². The van der Waals surface area contributed by atoms with Gasteiger partial charge in [-0.3, -0.25) is 0 Å². The zero-order valence-corrected chi connectivity index (χ0v) is 24.7. The van der Waals surface area contributed by atoms with Gasteiger partial charge in [0.15, 0.2) is 0 Å². The van der Waals surface area contributed by atoms with Crippen LogP contribution in [0.25, 0.3) is 21.8 Å². The van der Waals surface area contributed by atoms with Crippen molar-refractivity contribution in [2.45, 2.75) is 51.2 Å². The van der Waals surface area contributed by atoms with Gasteiger partial charge in [0.05, 0.1) is 6.61 Å². The van der Waals surface area contributed by atoms with Gasteiger partial charge < -0.3 is 28.8 Å². The molecule has 0 aliphatic carbocycles. The molecule has 0 saturated carbocycles. The van der Waals surface area contributed by atoms with Crippen molar-refractivity contribution in [1.82, 2.24) is 9.13 Å². The number of carboxylic acids is 1. The van der Waals surface area contributed by atoms with Gasteiger partial charge >= 0.3 is 24.3 Å². The number of aryl methyl sites for hydroxylation is 2. The van der Waals surface area contributed by atoms with Gasteiger partial charge in [-0.1, -0.05) is 36.4 Å². The predicted octanol–water partition coefficient (Wildman–Crippen LogP) is 6.17. The first-order valence-corrected chi connectivity index (χ1v) is 13.3. The third-order valence-electron chi connectivity index (χ3n) is 7.56. The van der Waals surface area contributed by atoms with Crippen molar-refractivity contribution < 1.29 is 55.6 Å². The highest BCUT2D eigenvalue weighted by molar-refractivity contribution is 5.94. The summed E-state index contributed by atoms with van der Waals surface area (Å²) in [5, 5.41) is 20.1. The summed E-state index contributed by atoms with van der Waals surface area (Å²) in [5.41, 5.74) is -6.58. The summed E-state index contributed by atoms with van der Waals surface area (Å²) >= 11 is 0. The van der Waals surface area contributed by atoms with Crippen LogP contribution in [-0.2, 0) is 44.4 Å². The molecular formula is C30H32F6N2O6. The monoisotopic (exact) mass is 630 g/mol. The van der Waals surface area contributed by atoms with Gasteiger partial charge in [-0.25, -0.2) is 9.59 Å². The van der Waals surface area contributed by atoms with E-state index in [1.54, 1.807) is 50.5 Å². The number of carboxylic acid groups (broad SMARTS) is 1. The van der Waals surface area contributed by atoms with Crippen LogP contribution >= 0.6 is 0 Å². The van der Waals surface area contributed by atoms with E-state index in [4.69, 9.17) is 4.74 Å². The molecule has 2 aromatic carbocycles. The van der Waals surface area contributed by atoms with E-state index in [2.05, 4.69) is 4.74 Å². The number of fused-ring (bicyclic) bond motifs is 2. The minimum absolute atomic E-state index is 0.147. The fraction of sp³-hybridized carbons (Fsp3) is 0.400.